The van der Waals surface area contributed by atoms with E-state index in [1.165, 1.54) is 0 Å². The minimum atomic E-state index is -2.79. The quantitative estimate of drug-likeness (QED) is 0.817. The molecule has 0 saturated carbocycles. The zero-order valence-electron chi connectivity index (χ0n) is 12.1. The van der Waals surface area contributed by atoms with Crippen LogP contribution in [0.2, 0.25) is 0 Å². The Morgan fingerprint density at radius 1 is 1.39 bits per heavy atom. The number of nitrogens with two attached hydrogens (primary N) is 1. The van der Waals surface area contributed by atoms with E-state index in [0.29, 0.717) is 24.0 Å². The summed E-state index contributed by atoms with van der Waals surface area (Å²) in [5.41, 5.74) is 6.11. The van der Waals surface area contributed by atoms with Gasteiger partial charge in [-0.2, -0.15) is 0 Å². The predicted molar refractivity (Wildman–Crippen MR) is 76.3 cm³/mol. The lowest BCUT2D eigenvalue weighted by Gasteiger charge is -2.31. The lowest BCUT2D eigenvalue weighted by molar-refractivity contribution is 0.188. The topological polar surface area (TPSA) is 63.4 Å². The maximum Gasteiger partial charge on any atom is 0.151 e. The summed E-state index contributed by atoms with van der Waals surface area (Å²) in [5, 5.41) is 0. The van der Waals surface area contributed by atoms with Crippen LogP contribution in [0, 0.1) is 11.3 Å². The van der Waals surface area contributed by atoms with E-state index in [2.05, 4.69) is 25.7 Å². The van der Waals surface area contributed by atoms with Crippen LogP contribution in [0.5, 0.6) is 0 Å². The molecule has 5 heteroatoms. The first kappa shape index (κ1) is 15.9. The Hall–Kier alpha value is -0.130. The summed E-state index contributed by atoms with van der Waals surface area (Å²) in [4.78, 5) is 2.19. The maximum absolute atomic E-state index is 11.5. The molecule has 0 spiro atoms. The van der Waals surface area contributed by atoms with E-state index in [0.717, 1.165) is 19.4 Å². The lowest BCUT2D eigenvalue weighted by atomic mass is 9.84. The monoisotopic (exact) mass is 276 g/mol. The van der Waals surface area contributed by atoms with Crippen LogP contribution in [0.3, 0.4) is 0 Å². The minimum Gasteiger partial charge on any atom is -0.330 e. The van der Waals surface area contributed by atoms with Crippen molar-refractivity contribution < 1.29 is 8.42 Å². The van der Waals surface area contributed by atoms with Crippen molar-refractivity contribution in [3.05, 3.63) is 0 Å². The summed E-state index contributed by atoms with van der Waals surface area (Å²) >= 11 is 0. The van der Waals surface area contributed by atoms with Crippen molar-refractivity contribution in [2.75, 3.05) is 31.6 Å². The van der Waals surface area contributed by atoms with Crippen LogP contribution in [0.25, 0.3) is 0 Å². The highest BCUT2D eigenvalue weighted by Gasteiger charge is 2.31. The zero-order chi connectivity index (χ0) is 14.0. The van der Waals surface area contributed by atoms with Crippen molar-refractivity contribution in [3.8, 4) is 0 Å². The molecule has 1 rings (SSSR count). The second-order valence-corrected chi connectivity index (χ2v) is 9.09. The van der Waals surface area contributed by atoms with Crippen molar-refractivity contribution in [2.24, 2.45) is 17.1 Å². The molecule has 108 valence electrons. The average Bonchev–Trinajstić information content (AvgIpc) is 2.55. The number of sulfone groups is 1. The molecule has 4 nitrogen and oxygen atoms in total. The third-order valence-electron chi connectivity index (χ3n) is 3.61. The van der Waals surface area contributed by atoms with Crippen LogP contribution in [0.15, 0.2) is 0 Å². The van der Waals surface area contributed by atoms with Gasteiger partial charge in [-0.25, -0.2) is 8.42 Å². The first-order valence-electron chi connectivity index (χ1n) is 6.74. The van der Waals surface area contributed by atoms with Gasteiger partial charge in [-0.15, -0.1) is 0 Å². The van der Waals surface area contributed by atoms with E-state index < -0.39 is 9.84 Å². The molecule has 0 radical (unpaired) electrons. The fraction of sp³-hybridized carbons (Fsp3) is 1.00. The van der Waals surface area contributed by atoms with Gasteiger partial charge in [0.15, 0.2) is 9.84 Å². The Kier molecular flexibility index (Phi) is 5.21. The van der Waals surface area contributed by atoms with Crippen molar-refractivity contribution in [1.82, 2.24) is 4.90 Å². The molecular weight excluding hydrogens is 248 g/mol. The molecule has 0 amide bonds. The fourth-order valence-electron chi connectivity index (χ4n) is 2.77. The van der Waals surface area contributed by atoms with Gasteiger partial charge >= 0.3 is 0 Å². The van der Waals surface area contributed by atoms with Crippen LogP contribution in [0.1, 0.15) is 33.6 Å². The van der Waals surface area contributed by atoms with E-state index in [1.807, 2.05) is 7.05 Å². The fourth-order valence-corrected chi connectivity index (χ4v) is 4.57. The van der Waals surface area contributed by atoms with Gasteiger partial charge in [0.25, 0.3) is 0 Å². The number of nitrogens with zero attached hydrogens (tertiary/aromatic N) is 1. The predicted octanol–water partition coefficient (Wildman–Crippen LogP) is 1.12. The summed E-state index contributed by atoms with van der Waals surface area (Å²) in [5.74, 6) is 1.10. The van der Waals surface area contributed by atoms with Crippen molar-refractivity contribution in [2.45, 2.75) is 39.7 Å². The highest BCUT2D eigenvalue weighted by molar-refractivity contribution is 7.91. The normalized spacial score (nSPS) is 25.6. The smallest absolute Gasteiger partial charge is 0.151 e. The first-order valence-corrected chi connectivity index (χ1v) is 8.56. The van der Waals surface area contributed by atoms with Crippen LogP contribution < -0.4 is 5.73 Å². The summed E-state index contributed by atoms with van der Waals surface area (Å²) in [7, 11) is -0.766. The van der Waals surface area contributed by atoms with E-state index in [9.17, 15) is 8.42 Å². The summed E-state index contributed by atoms with van der Waals surface area (Å²) in [6.45, 7) is 8.22. The van der Waals surface area contributed by atoms with E-state index in [4.69, 9.17) is 5.73 Å². The van der Waals surface area contributed by atoms with Crippen molar-refractivity contribution in [1.29, 1.82) is 0 Å². The molecule has 2 atom stereocenters. The lowest BCUT2D eigenvalue weighted by Crippen LogP contribution is -2.39. The molecule has 1 heterocycles. The Bertz CT molecular complexity index is 360. The second-order valence-electron chi connectivity index (χ2n) is 6.86. The molecule has 1 fully saturated rings. The third kappa shape index (κ3) is 5.24. The first-order chi connectivity index (χ1) is 8.13. The van der Waals surface area contributed by atoms with Crippen molar-refractivity contribution in [3.63, 3.8) is 0 Å². The van der Waals surface area contributed by atoms with Gasteiger partial charge in [-0.05, 0) is 37.8 Å². The van der Waals surface area contributed by atoms with Crippen LogP contribution >= 0.6 is 0 Å². The molecule has 0 aliphatic carbocycles. The van der Waals surface area contributed by atoms with Gasteiger partial charge in [0.2, 0.25) is 0 Å². The average molecular weight is 276 g/mol. The number of hydrogen-bond donors (Lipinski definition) is 1. The SMILES string of the molecule is CN(CC(CN)CC(C)(C)C)C1CCS(=O)(=O)C1. The van der Waals surface area contributed by atoms with Crippen LogP contribution in [-0.4, -0.2) is 51.0 Å². The summed E-state index contributed by atoms with van der Waals surface area (Å²) in [6, 6.07) is 0.184. The molecule has 18 heavy (non-hydrogen) atoms. The highest BCUT2D eigenvalue weighted by atomic mass is 32.2. The molecule has 0 bridgehead atoms. The molecule has 0 aromatic carbocycles. The number of rotatable bonds is 5. The van der Waals surface area contributed by atoms with E-state index >= 15 is 0 Å². The maximum atomic E-state index is 11.5. The Morgan fingerprint density at radius 2 is 2.00 bits per heavy atom. The molecule has 2 unspecified atom stereocenters. The van der Waals surface area contributed by atoms with E-state index in [-0.39, 0.29) is 11.5 Å². The Balaban J connectivity index is 2.50. The summed E-state index contributed by atoms with van der Waals surface area (Å²) in [6.07, 6.45) is 1.85. The molecule has 1 saturated heterocycles. The van der Waals surface area contributed by atoms with Crippen molar-refractivity contribution >= 4 is 9.84 Å². The summed E-state index contributed by atoms with van der Waals surface area (Å²) < 4.78 is 23.0. The highest BCUT2D eigenvalue weighted by Crippen LogP contribution is 2.25. The Morgan fingerprint density at radius 3 is 2.39 bits per heavy atom. The van der Waals surface area contributed by atoms with Gasteiger partial charge < -0.3 is 10.6 Å². The van der Waals surface area contributed by atoms with Gasteiger partial charge in [0.1, 0.15) is 0 Å². The molecule has 1 aliphatic heterocycles. The standard InChI is InChI=1S/C13H28N2O2S/c1-13(2,3)7-11(8-14)9-15(4)12-5-6-18(16,17)10-12/h11-12H,5-10,14H2,1-4H3. The molecule has 0 aromatic rings. The van der Waals surface area contributed by atoms with Crippen LogP contribution in [0.4, 0.5) is 0 Å². The van der Waals surface area contributed by atoms with Gasteiger partial charge in [-0.1, -0.05) is 20.8 Å². The largest absolute Gasteiger partial charge is 0.330 e. The minimum absolute atomic E-state index is 0.184. The third-order valence-corrected chi connectivity index (χ3v) is 5.36. The van der Waals surface area contributed by atoms with Gasteiger partial charge in [0.05, 0.1) is 11.5 Å². The van der Waals surface area contributed by atoms with Gasteiger partial charge in [0, 0.05) is 12.6 Å². The molecular formula is C13H28N2O2S. The molecule has 2 N–H and O–H groups in total. The zero-order valence-corrected chi connectivity index (χ0v) is 13.0. The number of hydrogen-bond acceptors (Lipinski definition) is 4. The van der Waals surface area contributed by atoms with Crippen LogP contribution in [-0.2, 0) is 9.84 Å². The Labute approximate surface area is 112 Å². The van der Waals surface area contributed by atoms with E-state index in [1.54, 1.807) is 0 Å². The van der Waals surface area contributed by atoms with Gasteiger partial charge in [-0.3, -0.25) is 0 Å². The second kappa shape index (κ2) is 5.88. The molecule has 1 aliphatic rings. The molecule has 0 aromatic heterocycles.